The lowest BCUT2D eigenvalue weighted by Crippen LogP contribution is -2.42. The Morgan fingerprint density at radius 1 is 1.12 bits per heavy atom. The average Bonchev–Trinajstić information content (AvgIpc) is 3.49. The normalized spacial score (nSPS) is 17.7. The number of carbonyl (C=O) groups excluding carboxylic acids is 1. The van der Waals surface area contributed by atoms with E-state index in [4.69, 9.17) is 0 Å². The van der Waals surface area contributed by atoms with E-state index >= 15 is 0 Å². The fraction of sp³-hybridized carbons (Fsp3) is 0.321. The number of rotatable bonds is 7. The summed E-state index contributed by atoms with van der Waals surface area (Å²) in [7, 11) is 0. The Morgan fingerprint density at radius 2 is 1.97 bits per heavy atom. The van der Waals surface area contributed by atoms with E-state index in [0.29, 0.717) is 6.54 Å². The molecule has 0 bridgehead atoms. The first-order chi connectivity index (χ1) is 16.1. The zero-order chi connectivity index (χ0) is 22.7. The molecular weight excluding hydrogens is 539 g/mol. The fourth-order valence-electron chi connectivity index (χ4n) is 5.24. The standard InChI is InChI=1S/C28H29IN2OS/c29-24-6-3-4-21(18-24)19-30-27(32)25(23-10-17-33-20-23)9-14-31-15-12-28(13-16-31)11-8-22-5-1-2-7-26(22)28/h1-8,10-11,17-18,20,25H,9,12-16,19H2,(H,30,32)/t25-/m0/s1. The van der Waals surface area contributed by atoms with Crippen molar-refractivity contribution in [1.82, 2.24) is 10.2 Å². The van der Waals surface area contributed by atoms with Crippen molar-refractivity contribution < 1.29 is 4.79 Å². The number of allylic oxidation sites excluding steroid dienone is 1. The highest BCUT2D eigenvalue weighted by Crippen LogP contribution is 2.43. The van der Waals surface area contributed by atoms with Crippen LogP contribution in [0.2, 0.25) is 0 Å². The van der Waals surface area contributed by atoms with Crippen molar-refractivity contribution in [2.45, 2.75) is 37.1 Å². The monoisotopic (exact) mass is 568 g/mol. The third kappa shape index (κ3) is 5.10. The van der Waals surface area contributed by atoms with Gasteiger partial charge in [-0.25, -0.2) is 0 Å². The molecule has 1 aliphatic carbocycles. The Bertz CT molecular complexity index is 1130. The van der Waals surface area contributed by atoms with E-state index < -0.39 is 0 Å². The molecule has 5 heteroatoms. The second-order valence-electron chi connectivity index (χ2n) is 9.16. The Kier molecular flexibility index (Phi) is 6.99. The van der Waals surface area contributed by atoms with Crippen LogP contribution in [0, 0.1) is 3.57 Å². The van der Waals surface area contributed by atoms with Gasteiger partial charge in [-0.05, 0) is 113 Å². The summed E-state index contributed by atoms with van der Waals surface area (Å²) in [6.45, 7) is 3.70. The molecule has 1 fully saturated rings. The van der Waals surface area contributed by atoms with Gasteiger partial charge in [-0.1, -0.05) is 48.6 Å². The van der Waals surface area contributed by atoms with Crippen LogP contribution in [-0.2, 0) is 16.8 Å². The van der Waals surface area contributed by atoms with Crippen molar-refractivity contribution in [3.05, 3.63) is 97.3 Å². The molecule has 2 aromatic carbocycles. The maximum absolute atomic E-state index is 13.2. The van der Waals surface area contributed by atoms with E-state index in [0.717, 1.165) is 50.0 Å². The van der Waals surface area contributed by atoms with E-state index in [9.17, 15) is 4.79 Å². The molecule has 0 saturated carbocycles. The lowest BCUT2D eigenvalue weighted by atomic mass is 9.74. The van der Waals surface area contributed by atoms with Gasteiger partial charge in [0.25, 0.3) is 0 Å². The number of amides is 1. The number of halogens is 1. The van der Waals surface area contributed by atoms with Gasteiger partial charge in [-0.2, -0.15) is 11.3 Å². The summed E-state index contributed by atoms with van der Waals surface area (Å²) in [6.07, 6.45) is 7.90. The second kappa shape index (κ2) is 10.1. The molecule has 1 aromatic heterocycles. The summed E-state index contributed by atoms with van der Waals surface area (Å²) in [5, 5.41) is 7.39. The van der Waals surface area contributed by atoms with Gasteiger partial charge in [0.15, 0.2) is 0 Å². The number of fused-ring (bicyclic) bond motifs is 2. The van der Waals surface area contributed by atoms with Crippen molar-refractivity contribution in [1.29, 1.82) is 0 Å². The number of likely N-dealkylation sites (tertiary alicyclic amines) is 1. The number of hydrogen-bond donors (Lipinski definition) is 1. The van der Waals surface area contributed by atoms with Crippen LogP contribution in [0.15, 0.2) is 71.4 Å². The third-order valence-corrected chi connectivity index (χ3v) is 8.55. The summed E-state index contributed by atoms with van der Waals surface area (Å²) in [5.74, 6) is 0.0374. The molecular formula is C28H29IN2OS. The van der Waals surface area contributed by atoms with Gasteiger partial charge in [0, 0.05) is 15.5 Å². The Labute approximate surface area is 214 Å². The van der Waals surface area contributed by atoms with Gasteiger partial charge in [-0.15, -0.1) is 0 Å². The second-order valence-corrected chi connectivity index (χ2v) is 11.2. The zero-order valence-corrected chi connectivity index (χ0v) is 21.6. The summed E-state index contributed by atoms with van der Waals surface area (Å²) in [4.78, 5) is 15.7. The molecule has 3 nitrogen and oxygen atoms in total. The summed E-state index contributed by atoms with van der Waals surface area (Å²) < 4.78 is 1.19. The van der Waals surface area contributed by atoms with Crippen LogP contribution in [0.4, 0.5) is 0 Å². The van der Waals surface area contributed by atoms with Crippen LogP contribution in [-0.4, -0.2) is 30.4 Å². The molecule has 1 spiro atoms. The quantitative estimate of drug-likeness (QED) is 0.344. The molecule has 170 valence electrons. The van der Waals surface area contributed by atoms with E-state index in [1.165, 1.54) is 14.7 Å². The van der Waals surface area contributed by atoms with Gasteiger partial charge in [0.2, 0.25) is 5.91 Å². The Morgan fingerprint density at radius 3 is 2.76 bits per heavy atom. The van der Waals surface area contributed by atoms with Crippen molar-refractivity contribution in [3.63, 3.8) is 0 Å². The van der Waals surface area contributed by atoms with E-state index in [1.807, 2.05) is 6.07 Å². The topological polar surface area (TPSA) is 32.3 Å². The highest BCUT2D eigenvalue weighted by molar-refractivity contribution is 14.1. The van der Waals surface area contributed by atoms with Crippen molar-refractivity contribution in [2.75, 3.05) is 19.6 Å². The van der Waals surface area contributed by atoms with E-state index in [1.54, 1.807) is 11.3 Å². The van der Waals surface area contributed by atoms with Crippen LogP contribution in [0.5, 0.6) is 0 Å². The van der Waals surface area contributed by atoms with Crippen molar-refractivity contribution >= 4 is 45.9 Å². The van der Waals surface area contributed by atoms with Gasteiger partial charge in [0.1, 0.15) is 0 Å². The molecule has 5 rings (SSSR count). The first-order valence-electron chi connectivity index (χ1n) is 11.7. The van der Waals surface area contributed by atoms with E-state index in [2.05, 4.69) is 104 Å². The average molecular weight is 569 g/mol. The number of thiophene rings is 1. The predicted octanol–water partition coefficient (Wildman–Crippen LogP) is 6.20. The molecule has 1 atom stereocenters. The lowest BCUT2D eigenvalue weighted by molar-refractivity contribution is -0.123. The highest BCUT2D eigenvalue weighted by Gasteiger charge is 2.37. The van der Waals surface area contributed by atoms with Crippen LogP contribution in [0.25, 0.3) is 6.08 Å². The van der Waals surface area contributed by atoms with Crippen molar-refractivity contribution in [3.8, 4) is 0 Å². The number of hydrogen-bond acceptors (Lipinski definition) is 3. The molecule has 1 N–H and O–H groups in total. The lowest BCUT2D eigenvalue weighted by Gasteiger charge is -2.39. The first-order valence-corrected chi connectivity index (χ1v) is 13.7. The highest BCUT2D eigenvalue weighted by atomic mass is 127. The van der Waals surface area contributed by atoms with Crippen LogP contribution in [0.3, 0.4) is 0 Å². The molecule has 1 amide bonds. The molecule has 0 unspecified atom stereocenters. The minimum Gasteiger partial charge on any atom is -0.351 e. The number of benzene rings is 2. The van der Waals surface area contributed by atoms with Gasteiger partial charge in [-0.3, -0.25) is 4.79 Å². The Hall–Kier alpha value is -1.96. The van der Waals surface area contributed by atoms with Gasteiger partial charge >= 0.3 is 0 Å². The first kappa shape index (κ1) is 22.8. The van der Waals surface area contributed by atoms with Crippen LogP contribution in [0.1, 0.15) is 47.4 Å². The molecule has 3 aromatic rings. The summed E-state index contributed by atoms with van der Waals surface area (Å²) >= 11 is 3.98. The van der Waals surface area contributed by atoms with Crippen molar-refractivity contribution in [2.24, 2.45) is 0 Å². The molecule has 2 aliphatic rings. The molecule has 1 aliphatic heterocycles. The van der Waals surface area contributed by atoms with Gasteiger partial charge in [0.05, 0.1) is 5.92 Å². The van der Waals surface area contributed by atoms with Crippen LogP contribution < -0.4 is 5.32 Å². The summed E-state index contributed by atoms with van der Waals surface area (Å²) in [5.41, 5.74) is 5.38. The maximum atomic E-state index is 13.2. The number of nitrogens with zero attached hydrogens (tertiary/aromatic N) is 1. The zero-order valence-electron chi connectivity index (χ0n) is 18.7. The molecule has 1 saturated heterocycles. The minimum atomic E-state index is -0.0953. The predicted molar refractivity (Wildman–Crippen MR) is 146 cm³/mol. The molecule has 33 heavy (non-hydrogen) atoms. The molecule has 0 radical (unpaired) electrons. The summed E-state index contributed by atoms with van der Waals surface area (Å²) in [6, 6.07) is 19.2. The Balaban J connectivity index is 1.19. The van der Waals surface area contributed by atoms with E-state index in [-0.39, 0.29) is 17.2 Å². The smallest absolute Gasteiger partial charge is 0.227 e. The fourth-order valence-corrected chi connectivity index (χ4v) is 6.56. The number of nitrogens with one attached hydrogen (secondary N) is 1. The molecule has 2 heterocycles. The van der Waals surface area contributed by atoms with Crippen LogP contribution >= 0.6 is 33.9 Å². The number of carbonyl (C=O) groups is 1. The maximum Gasteiger partial charge on any atom is 0.227 e. The number of piperidine rings is 1. The minimum absolute atomic E-state index is 0.0953. The SMILES string of the molecule is O=C(NCc1cccc(I)c1)[C@@H](CCN1CCC2(C=Cc3ccccc32)CC1)c1ccsc1. The van der Waals surface area contributed by atoms with Gasteiger partial charge < -0.3 is 10.2 Å². The largest absolute Gasteiger partial charge is 0.351 e. The third-order valence-electron chi connectivity index (χ3n) is 7.18.